The summed E-state index contributed by atoms with van der Waals surface area (Å²) in [6.45, 7) is 0.824. The fraction of sp³-hybridized carbons (Fsp3) is 0.542. The molecule has 4 bridgehead atoms. The van der Waals surface area contributed by atoms with E-state index in [4.69, 9.17) is 0 Å². The van der Waals surface area contributed by atoms with Crippen molar-refractivity contribution in [1.29, 1.82) is 0 Å². The summed E-state index contributed by atoms with van der Waals surface area (Å²) in [5.41, 5.74) is 1.72. The van der Waals surface area contributed by atoms with Crippen LogP contribution in [0.3, 0.4) is 0 Å². The molecule has 4 fully saturated rings. The number of benzene rings is 1. The minimum Gasteiger partial charge on any atom is -0.344 e. The van der Waals surface area contributed by atoms with Gasteiger partial charge in [0.2, 0.25) is 5.91 Å². The third-order valence-corrected chi connectivity index (χ3v) is 7.38. The molecule has 4 saturated carbocycles. The predicted octanol–water partition coefficient (Wildman–Crippen LogP) is 3.59. The van der Waals surface area contributed by atoms with Gasteiger partial charge in [-0.05, 0) is 67.8 Å². The molecule has 0 saturated heterocycles. The lowest BCUT2D eigenvalue weighted by atomic mass is 9.49. The van der Waals surface area contributed by atoms with Gasteiger partial charge in [-0.2, -0.15) is 5.10 Å². The molecule has 0 radical (unpaired) electrons. The molecule has 4 aliphatic rings. The Kier molecular flexibility index (Phi) is 4.56. The van der Waals surface area contributed by atoms with E-state index in [1.165, 1.54) is 49.3 Å². The highest BCUT2D eigenvalue weighted by atomic mass is 16.2. The first kappa shape index (κ1) is 18.6. The van der Waals surface area contributed by atoms with Crippen molar-refractivity contribution in [2.24, 2.45) is 23.2 Å². The van der Waals surface area contributed by atoms with Crippen molar-refractivity contribution in [2.75, 3.05) is 13.6 Å². The normalized spacial score (nSPS) is 29.8. The predicted molar refractivity (Wildman–Crippen MR) is 112 cm³/mol. The van der Waals surface area contributed by atoms with Crippen molar-refractivity contribution in [3.05, 3.63) is 52.8 Å². The van der Waals surface area contributed by atoms with E-state index < -0.39 is 0 Å². The maximum absolute atomic E-state index is 13.0. The molecular formula is C24H29N3O2. The van der Waals surface area contributed by atoms with Crippen molar-refractivity contribution in [2.45, 2.75) is 45.1 Å². The Morgan fingerprint density at radius 3 is 2.28 bits per heavy atom. The molecule has 0 aliphatic heterocycles. The average molecular weight is 392 g/mol. The first-order valence-corrected chi connectivity index (χ1v) is 10.9. The largest absolute Gasteiger partial charge is 0.344 e. The minimum atomic E-state index is -0.235. The zero-order valence-corrected chi connectivity index (χ0v) is 17.1. The number of aromatic nitrogens is 2. The van der Waals surface area contributed by atoms with Gasteiger partial charge in [0.05, 0.1) is 5.69 Å². The van der Waals surface area contributed by atoms with Crippen molar-refractivity contribution >= 4 is 5.91 Å². The Hall–Kier alpha value is -2.43. The van der Waals surface area contributed by atoms with Crippen molar-refractivity contribution in [1.82, 2.24) is 14.7 Å². The molecule has 1 heterocycles. The van der Waals surface area contributed by atoms with Crippen LogP contribution in [0.4, 0.5) is 0 Å². The summed E-state index contributed by atoms with van der Waals surface area (Å²) in [6, 6.07) is 13.0. The van der Waals surface area contributed by atoms with Gasteiger partial charge < -0.3 is 4.90 Å². The van der Waals surface area contributed by atoms with Crippen LogP contribution in [0.1, 0.15) is 38.5 Å². The second-order valence-electron chi connectivity index (χ2n) is 9.75. The number of amides is 1. The highest BCUT2D eigenvalue weighted by Gasteiger charge is 2.51. The number of hydrogen-bond donors (Lipinski definition) is 0. The zero-order chi connectivity index (χ0) is 20.0. The molecule has 5 nitrogen and oxygen atoms in total. The van der Waals surface area contributed by atoms with Crippen LogP contribution in [-0.4, -0.2) is 34.2 Å². The Balaban J connectivity index is 1.30. The Morgan fingerprint density at radius 1 is 1.03 bits per heavy atom. The van der Waals surface area contributed by atoms with Gasteiger partial charge in [-0.25, -0.2) is 4.68 Å². The molecule has 2 aromatic rings. The summed E-state index contributed by atoms with van der Waals surface area (Å²) in [5.74, 6) is 2.59. The van der Waals surface area contributed by atoms with Gasteiger partial charge in [-0.1, -0.05) is 30.3 Å². The molecule has 152 valence electrons. The summed E-state index contributed by atoms with van der Waals surface area (Å²) >= 11 is 0. The van der Waals surface area contributed by atoms with Crippen LogP contribution in [0.25, 0.3) is 11.3 Å². The quantitative estimate of drug-likeness (QED) is 0.783. The van der Waals surface area contributed by atoms with Crippen molar-refractivity contribution in [3.63, 3.8) is 0 Å². The van der Waals surface area contributed by atoms with E-state index >= 15 is 0 Å². The maximum Gasteiger partial charge on any atom is 0.267 e. The molecule has 0 N–H and O–H groups in total. The SMILES string of the molecule is CN(CC12CC3CC(CC(C3)C1)C2)C(=O)Cn1nc(-c2ccccc2)ccc1=O. The average Bonchev–Trinajstić information content (AvgIpc) is 2.69. The molecule has 1 amide bonds. The molecule has 4 aliphatic carbocycles. The Morgan fingerprint density at radius 2 is 1.66 bits per heavy atom. The van der Waals surface area contributed by atoms with Crippen LogP contribution in [-0.2, 0) is 11.3 Å². The van der Waals surface area contributed by atoms with Gasteiger partial charge in [0, 0.05) is 25.2 Å². The second kappa shape index (κ2) is 7.12. The number of carbonyl (C=O) groups excluding carboxylic acids is 1. The molecule has 5 heteroatoms. The number of hydrogen-bond acceptors (Lipinski definition) is 3. The molecule has 1 aromatic carbocycles. The van der Waals surface area contributed by atoms with E-state index in [2.05, 4.69) is 5.10 Å². The van der Waals surface area contributed by atoms with E-state index in [9.17, 15) is 9.59 Å². The van der Waals surface area contributed by atoms with Gasteiger partial charge >= 0.3 is 0 Å². The highest BCUT2D eigenvalue weighted by Crippen LogP contribution is 2.60. The lowest BCUT2D eigenvalue weighted by molar-refractivity contribution is -0.136. The highest BCUT2D eigenvalue weighted by molar-refractivity contribution is 5.75. The lowest BCUT2D eigenvalue weighted by Gasteiger charge is -2.57. The maximum atomic E-state index is 13.0. The summed E-state index contributed by atoms with van der Waals surface area (Å²) < 4.78 is 1.31. The molecular weight excluding hydrogens is 362 g/mol. The standard InChI is InChI=1S/C24H29N3O2/c1-26(16-24-12-17-9-18(13-24)11-19(10-17)14-24)23(29)15-27-22(28)8-7-21(25-27)20-5-3-2-4-6-20/h2-8,17-19H,9-16H2,1H3. The molecule has 0 atom stereocenters. The number of carbonyl (C=O) groups is 1. The molecule has 1 aromatic heterocycles. The summed E-state index contributed by atoms with van der Waals surface area (Å²) in [7, 11) is 1.90. The summed E-state index contributed by atoms with van der Waals surface area (Å²) in [5, 5.41) is 4.45. The summed E-state index contributed by atoms with van der Waals surface area (Å²) in [6.07, 6.45) is 8.04. The monoisotopic (exact) mass is 391 g/mol. The third-order valence-electron chi connectivity index (χ3n) is 7.38. The summed E-state index contributed by atoms with van der Waals surface area (Å²) in [4.78, 5) is 27.1. The Labute approximate surface area is 171 Å². The van der Waals surface area contributed by atoms with Crippen LogP contribution in [0.5, 0.6) is 0 Å². The van der Waals surface area contributed by atoms with Crippen LogP contribution in [0.2, 0.25) is 0 Å². The molecule has 29 heavy (non-hydrogen) atoms. The fourth-order valence-electron chi connectivity index (χ4n) is 6.65. The molecule has 6 rings (SSSR count). The fourth-order valence-corrected chi connectivity index (χ4v) is 6.65. The third kappa shape index (κ3) is 3.63. The first-order valence-electron chi connectivity index (χ1n) is 10.9. The van der Waals surface area contributed by atoms with Crippen molar-refractivity contribution < 1.29 is 4.79 Å². The van der Waals surface area contributed by atoms with Gasteiger partial charge in [-0.15, -0.1) is 0 Å². The second-order valence-corrected chi connectivity index (χ2v) is 9.75. The van der Waals surface area contributed by atoms with E-state index in [0.29, 0.717) is 11.1 Å². The number of nitrogens with zero attached hydrogens (tertiary/aromatic N) is 3. The lowest BCUT2D eigenvalue weighted by Crippen LogP contribution is -2.52. The van der Waals surface area contributed by atoms with Crippen LogP contribution in [0, 0.1) is 23.2 Å². The van der Waals surface area contributed by atoms with E-state index in [-0.39, 0.29) is 18.0 Å². The molecule has 0 spiro atoms. The number of rotatable bonds is 5. The van der Waals surface area contributed by atoms with Gasteiger partial charge in [0.15, 0.2) is 0 Å². The van der Waals surface area contributed by atoms with Gasteiger partial charge in [0.25, 0.3) is 5.56 Å². The van der Waals surface area contributed by atoms with Crippen molar-refractivity contribution in [3.8, 4) is 11.3 Å². The van der Waals surface area contributed by atoms with Gasteiger partial charge in [0.1, 0.15) is 6.54 Å². The van der Waals surface area contributed by atoms with E-state index in [1.807, 2.05) is 42.3 Å². The topological polar surface area (TPSA) is 55.2 Å². The zero-order valence-electron chi connectivity index (χ0n) is 17.1. The first-order chi connectivity index (χ1) is 14.0. The van der Waals surface area contributed by atoms with Crippen LogP contribution in [0.15, 0.2) is 47.3 Å². The van der Waals surface area contributed by atoms with Gasteiger partial charge in [-0.3, -0.25) is 9.59 Å². The van der Waals surface area contributed by atoms with Crippen LogP contribution < -0.4 is 5.56 Å². The Bertz CT molecular complexity index is 930. The minimum absolute atomic E-state index is 0.00235. The van der Waals surface area contributed by atoms with E-state index in [1.54, 1.807) is 6.07 Å². The number of likely N-dealkylation sites (N-methyl/N-ethyl adjacent to an activating group) is 1. The molecule has 0 unspecified atom stereocenters. The smallest absolute Gasteiger partial charge is 0.267 e. The van der Waals surface area contributed by atoms with E-state index in [0.717, 1.165) is 29.9 Å². The van der Waals surface area contributed by atoms with Crippen LogP contribution >= 0.6 is 0 Å².